The number of nitrogens with one attached hydrogen (secondary N) is 2. The third-order valence-corrected chi connectivity index (χ3v) is 4.26. The lowest BCUT2D eigenvalue weighted by Gasteiger charge is -2.39. The molecule has 0 spiro atoms. The zero-order valence-corrected chi connectivity index (χ0v) is 11.3. The van der Waals surface area contributed by atoms with E-state index in [0.717, 1.165) is 12.8 Å². The van der Waals surface area contributed by atoms with Gasteiger partial charge >= 0.3 is 0 Å². The molecule has 3 rings (SSSR count). The molecule has 0 aromatic rings. The molecule has 0 saturated carbocycles. The van der Waals surface area contributed by atoms with Crippen molar-refractivity contribution in [2.45, 2.75) is 18.4 Å². The van der Waals surface area contributed by atoms with Crippen molar-refractivity contribution in [1.29, 1.82) is 0 Å². The van der Waals surface area contributed by atoms with Gasteiger partial charge in [0, 0.05) is 11.8 Å². The summed E-state index contributed by atoms with van der Waals surface area (Å²) < 4.78 is 0. The fraction of sp³-hybridized carbons (Fsp3) is 0.333. The zero-order chi connectivity index (χ0) is 13.3. The normalized spacial score (nSPS) is 36.4. The highest BCUT2D eigenvalue weighted by Gasteiger charge is 2.53. The van der Waals surface area contributed by atoms with Gasteiger partial charge in [0.2, 0.25) is 0 Å². The summed E-state index contributed by atoms with van der Waals surface area (Å²) in [6.07, 6.45) is 18.2. The fourth-order valence-corrected chi connectivity index (χ4v) is 3.38. The van der Waals surface area contributed by atoms with Gasteiger partial charge in [0.1, 0.15) is 5.54 Å². The predicted octanol–water partition coefficient (Wildman–Crippen LogP) is 1.99. The Bertz CT molecular complexity index is 500. The molecule has 2 atom stereocenters. The SMILES string of the molecule is O=C1NC(=S)NC1(C1C=CC=CC1)C1C=CC=CC1. The van der Waals surface area contributed by atoms with Crippen molar-refractivity contribution in [3.8, 4) is 0 Å². The summed E-state index contributed by atoms with van der Waals surface area (Å²) in [5.41, 5.74) is -0.653. The van der Waals surface area contributed by atoms with E-state index in [0.29, 0.717) is 5.11 Å². The van der Waals surface area contributed by atoms with Crippen LogP contribution in [-0.4, -0.2) is 16.6 Å². The minimum Gasteiger partial charge on any atom is -0.347 e. The van der Waals surface area contributed by atoms with Crippen molar-refractivity contribution < 1.29 is 4.79 Å². The number of rotatable bonds is 2. The van der Waals surface area contributed by atoms with Gasteiger partial charge in [-0.25, -0.2) is 0 Å². The van der Waals surface area contributed by atoms with Crippen LogP contribution in [0.4, 0.5) is 0 Å². The molecule has 98 valence electrons. The molecule has 1 aliphatic heterocycles. The average molecular weight is 272 g/mol. The molecule has 3 nitrogen and oxygen atoms in total. The molecule has 4 heteroatoms. The van der Waals surface area contributed by atoms with E-state index in [1.807, 2.05) is 24.3 Å². The number of allylic oxidation sites excluding steroid dienone is 6. The van der Waals surface area contributed by atoms with Gasteiger partial charge in [0.25, 0.3) is 5.91 Å². The highest BCUT2D eigenvalue weighted by atomic mass is 32.1. The average Bonchev–Trinajstić information content (AvgIpc) is 2.76. The van der Waals surface area contributed by atoms with E-state index in [-0.39, 0.29) is 17.7 Å². The Morgan fingerprint density at radius 3 is 2.00 bits per heavy atom. The molecule has 0 aromatic heterocycles. The van der Waals surface area contributed by atoms with Crippen LogP contribution < -0.4 is 10.6 Å². The molecule has 1 amide bonds. The highest BCUT2D eigenvalue weighted by Crippen LogP contribution is 2.38. The molecule has 0 radical (unpaired) electrons. The first-order valence-electron chi connectivity index (χ1n) is 6.54. The van der Waals surface area contributed by atoms with E-state index < -0.39 is 5.54 Å². The van der Waals surface area contributed by atoms with Crippen molar-refractivity contribution in [3.63, 3.8) is 0 Å². The van der Waals surface area contributed by atoms with Crippen molar-refractivity contribution in [3.05, 3.63) is 48.6 Å². The molecular formula is C15H16N2OS. The maximum Gasteiger partial charge on any atom is 0.253 e. The van der Waals surface area contributed by atoms with Crippen LogP contribution in [0.2, 0.25) is 0 Å². The van der Waals surface area contributed by atoms with Gasteiger partial charge < -0.3 is 10.6 Å². The molecule has 2 aliphatic carbocycles. The second kappa shape index (κ2) is 4.78. The second-order valence-electron chi connectivity index (χ2n) is 5.09. The Kier molecular flexibility index (Phi) is 3.11. The van der Waals surface area contributed by atoms with Gasteiger partial charge in [-0.05, 0) is 25.1 Å². The van der Waals surface area contributed by atoms with Gasteiger partial charge in [0.05, 0.1) is 0 Å². The molecular weight excluding hydrogens is 256 g/mol. The Hall–Kier alpha value is -1.68. The summed E-state index contributed by atoms with van der Waals surface area (Å²) in [6, 6.07) is 0. The van der Waals surface area contributed by atoms with Gasteiger partial charge in [-0.15, -0.1) is 0 Å². The Balaban J connectivity index is 2.00. The van der Waals surface area contributed by atoms with Crippen LogP contribution in [0, 0.1) is 11.8 Å². The molecule has 2 N–H and O–H groups in total. The molecule has 0 bridgehead atoms. The van der Waals surface area contributed by atoms with Crippen LogP contribution in [0.25, 0.3) is 0 Å². The van der Waals surface area contributed by atoms with Crippen LogP contribution in [0.5, 0.6) is 0 Å². The summed E-state index contributed by atoms with van der Waals surface area (Å²) in [5, 5.41) is 6.47. The summed E-state index contributed by atoms with van der Waals surface area (Å²) in [7, 11) is 0. The van der Waals surface area contributed by atoms with Gasteiger partial charge in [-0.2, -0.15) is 0 Å². The topological polar surface area (TPSA) is 41.1 Å². The van der Waals surface area contributed by atoms with Crippen molar-refractivity contribution in [1.82, 2.24) is 10.6 Å². The smallest absolute Gasteiger partial charge is 0.253 e. The predicted molar refractivity (Wildman–Crippen MR) is 79.4 cm³/mol. The first-order valence-corrected chi connectivity index (χ1v) is 6.94. The van der Waals surface area contributed by atoms with Crippen molar-refractivity contribution in [2.75, 3.05) is 0 Å². The molecule has 1 saturated heterocycles. The van der Waals surface area contributed by atoms with Crippen LogP contribution in [0.15, 0.2) is 48.6 Å². The molecule has 19 heavy (non-hydrogen) atoms. The Morgan fingerprint density at radius 1 is 1.05 bits per heavy atom. The van der Waals surface area contributed by atoms with Crippen LogP contribution in [-0.2, 0) is 4.79 Å². The minimum atomic E-state index is -0.653. The Labute approximate surface area is 118 Å². The monoisotopic (exact) mass is 272 g/mol. The summed E-state index contributed by atoms with van der Waals surface area (Å²) >= 11 is 5.16. The first-order chi connectivity index (χ1) is 9.23. The van der Waals surface area contributed by atoms with E-state index in [1.165, 1.54) is 0 Å². The largest absolute Gasteiger partial charge is 0.347 e. The number of amides is 1. The zero-order valence-electron chi connectivity index (χ0n) is 10.5. The number of hydrogen-bond donors (Lipinski definition) is 2. The maximum absolute atomic E-state index is 12.5. The lowest BCUT2D eigenvalue weighted by Crippen LogP contribution is -2.57. The number of hydrogen-bond acceptors (Lipinski definition) is 2. The molecule has 0 aromatic carbocycles. The van der Waals surface area contributed by atoms with Crippen LogP contribution >= 0.6 is 12.2 Å². The number of carbonyl (C=O) groups excluding carboxylic acids is 1. The standard InChI is InChI=1S/C15H16N2OS/c18-13-15(17-14(19)16-13,11-7-3-1-4-8-11)12-9-5-2-6-10-12/h1-7,9,11-12H,8,10H2,(H2,16,17,18,19). The highest BCUT2D eigenvalue weighted by molar-refractivity contribution is 7.80. The third kappa shape index (κ3) is 1.96. The summed E-state index contributed by atoms with van der Waals surface area (Å²) in [6.45, 7) is 0. The number of carbonyl (C=O) groups is 1. The van der Waals surface area contributed by atoms with Gasteiger partial charge in [-0.1, -0.05) is 48.6 Å². The van der Waals surface area contributed by atoms with Crippen LogP contribution in [0.3, 0.4) is 0 Å². The molecule has 1 fully saturated rings. The van der Waals surface area contributed by atoms with E-state index in [1.54, 1.807) is 0 Å². The molecule has 3 aliphatic rings. The van der Waals surface area contributed by atoms with E-state index in [9.17, 15) is 4.79 Å². The van der Waals surface area contributed by atoms with Gasteiger partial charge in [-0.3, -0.25) is 4.79 Å². The first kappa shape index (κ1) is 12.4. The lowest BCUT2D eigenvalue weighted by molar-refractivity contribution is -0.126. The van der Waals surface area contributed by atoms with E-state index >= 15 is 0 Å². The van der Waals surface area contributed by atoms with Gasteiger partial charge in [0.15, 0.2) is 5.11 Å². The number of thiocarbonyl (C=S) groups is 1. The van der Waals surface area contributed by atoms with Crippen molar-refractivity contribution in [2.24, 2.45) is 11.8 Å². The maximum atomic E-state index is 12.5. The van der Waals surface area contributed by atoms with Crippen LogP contribution in [0.1, 0.15) is 12.8 Å². The fourth-order valence-electron chi connectivity index (χ4n) is 3.12. The van der Waals surface area contributed by atoms with E-state index in [4.69, 9.17) is 12.2 Å². The summed E-state index contributed by atoms with van der Waals surface area (Å²) in [4.78, 5) is 12.5. The lowest BCUT2D eigenvalue weighted by atomic mass is 9.69. The Morgan fingerprint density at radius 2 is 1.63 bits per heavy atom. The quantitative estimate of drug-likeness (QED) is 0.755. The van der Waals surface area contributed by atoms with E-state index in [2.05, 4.69) is 34.9 Å². The van der Waals surface area contributed by atoms with Crippen molar-refractivity contribution >= 4 is 23.2 Å². The molecule has 2 unspecified atom stereocenters. The summed E-state index contributed by atoms with van der Waals surface area (Å²) in [5.74, 6) is 0.241. The second-order valence-corrected chi connectivity index (χ2v) is 5.50. The molecule has 1 heterocycles. The minimum absolute atomic E-state index is 0.00704. The third-order valence-electron chi connectivity index (χ3n) is 4.05.